The molecule has 0 saturated heterocycles. The number of carbonyl (C=O) groups is 1. The Balaban J connectivity index is 2.82. The van der Waals surface area contributed by atoms with Crippen LogP contribution in [0, 0.1) is 11.6 Å². The van der Waals surface area contributed by atoms with Crippen LogP contribution in [0.5, 0.6) is 0 Å². The second kappa shape index (κ2) is 6.14. The van der Waals surface area contributed by atoms with Gasteiger partial charge in [0.05, 0.1) is 0 Å². The van der Waals surface area contributed by atoms with E-state index in [0.717, 1.165) is 18.4 Å². The van der Waals surface area contributed by atoms with Gasteiger partial charge in [0.25, 0.3) is 0 Å². The maximum Gasteiger partial charge on any atom is 0.193 e. The van der Waals surface area contributed by atoms with Gasteiger partial charge in [0.1, 0.15) is 12.4 Å². The number of halogens is 2. The summed E-state index contributed by atoms with van der Waals surface area (Å²) in [5.74, 6) is -1.79. The maximum atomic E-state index is 13.2. The Labute approximate surface area is 120 Å². The monoisotopic (exact) mass is 300 g/mol. The molecule has 1 unspecified atom stereocenters. The van der Waals surface area contributed by atoms with Gasteiger partial charge in [-0.15, -0.1) is 0 Å². The van der Waals surface area contributed by atoms with Crippen molar-refractivity contribution in [2.75, 3.05) is 0 Å². The van der Waals surface area contributed by atoms with Crippen molar-refractivity contribution in [3.05, 3.63) is 35.4 Å². The number of carbonyl (C=O) groups excluding carboxylic acids is 1. The molecule has 0 aromatic heterocycles. The summed E-state index contributed by atoms with van der Waals surface area (Å²) in [4.78, 5) is 11.2. The maximum absolute atomic E-state index is 13.2. The zero-order valence-electron chi connectivity index (χ0n) is 12.7. The minimum Gasteiger partial charge on any atom is -0.407 e. The molecule has 0 radical (unpaired) electrons. The first-order valence-electron chi connectivity index (χ1n) is 6.64. The summed E-state index contributed by atoms with van der Waals surface area (Å²) in [6.07, 6.45) is 0.371. The van der Waals surface area contributed by atoms with Crippen LogP contribution in [0.3, 0.4) is 0 Å². The van der Waals surface area contributed by atoms with E-state index in [0.29, 0.717) is 5.56 Å². The molecule has 0 amide bonds. The Morgan fingerprint density at radius 1 is 1.25 bits per heavy atom. The first-order valence-corrected chi connectivity index (χ1v) is 9.54. The van der Waals surface area contributed by atoms with Crippen molar-refractivity contribution in [2.45, 2.75) is 51.4 Å². The highest BCUT2D eigenvalue weighted by molar-refractivity contribution is 6.74. The third-order valence-electron chi connectivity index (χ3n) is 3.82. The fourth-order valence-electron chi connectivity index (χ4n) is 1.57. The third kappa shape index (κ3) is 4.21. The van der Waals surface area contributed by atoms with Crippen molar-refractivity contribution in [3.63, 3.8) is 0 Å². The first-order chi connectivity index (χ1) is 9.06. The predicted molar refractivity (Wildman–Crippen MR) is 78.2 cm³/mol. The molecule has 0 aliphatic rings. The van der Waals surface area contributed by atoms with Gasteiger partial charge in [-0.2, -0.15) is 0 Å². The van der Waals surface area contributed by atoms with Gasteiger partial charge in [-0.3, -0.25) is 0 Å². The SMILES string of the molecule is CC(C)(C)[Si](C)(C)OC(C=O)Cc1ccc(F)c(F)c1. The zero-order chi connectivity index (χ0) is 15.6. The van der Waals surface area contributed by atoms with Crippen molar-refractivity contribution in [1.29, 1.82) is 0 Å². The standard InChI is InChI=1S/C15H22F2O2Si/c1-15(2,3)20(4,5)19-12(10-18)8-11-6-7-13(16)14(17)9-11/h6-7,9-10,12H,8H2,1-5H3. The highest BCUT2D eigenvalue weighted by atomic mass is 28.4. The molecule has 112 valence electrons. The highest BCUT2D eigenvalue weighted by Crippen LogP contribution is 2.37. The Bertz CT molecular complexity index is 481. The van der Waals surface area contributed by atoms with Crippen LogP contribution in [-0.2, 0) is 15.6 Å². The van der Waals surface area contributed by atoms with Gasteiger partial charge in [0, 0.05) is 6.42 Å². The zero-order valence-corrected chi connectivity index (χ0v) is 13.7. The van der Waals surface area contributed by atoms with Gasteiger partial charge in [-0.1, -0.05) is 26.8 Å². The van der Waals surface area contributed by atoms with E-state index in [1.54, 1.807) is 0 Å². The van der Waals surface area contributed by atoms with Crippen molar-refractivity contribution in [2.24, 2.45) is 0 Å². The summed E-state index contributed by atoms with van der Waals surface area (Å²) in [6.45, 7) is 10.3. The number of hydrogen-bond donors (Lipinski definition) is 0. The van der Waals surface area contributed by atoms with E-state index in [1.165, 1.54) is 6.07 Å². The van der Waals surface area contributed by atoms with Crippen LogP contribution < -0.4 is 0 Å². The van der Waals surface area contributed by atoms with Crippen molar-refractivity contribution < 1.29 is 18.0 Å². The Morgan fingerprint density at radius 3 is 2.30 bits per heavy atom. The molecule has 0 heterocycles. The predicted octanol–water partition coefficient (Wildman–Crippen LogP) is 4.10. The third-order valence-corrected chi connectivity index (χ3v) is 8.33. The van der Waals surface area contributed by atoms with Crippen molar-refractivity contribution >= 4 is 14.6 Å². The van der Waals surface area contributed by atoms with Gasteiger partial charge in [0.2, 0.25) is 0 Å². The van der Waals surface area contributed by atoms with E-state index in [4.69, 9.17) is 4.43 Å². The van der Waals surface area contributed by atoms with E-state index in [-0.39, 0.29) is 11.5 Å². The quantitative estimate of drug-likeness (QED) is 0.604. The van der Waals surface area contributed by atoms with Crippen LogP contribution >= 0.6 is 0 Å². The molecule has 0 bridgehead atoms. The Hall–Kier alpha value is -1.07. The van der Waals surface area contributed by atoms with Gasteiger partial charge in [-0.05, 0) is 35.8 Å². The van der Waals surface area contributed by atoms with Crippen LogP contribution in [0.4, 0.5) is 8.78 Å². The van der Waals surface area contributed by atoms with E-state index in [2.05, 4.69) is 33.9 Å². The largest absolute Gasteiger partial charge is 0.407 e. The number of benzene rings is 1. The molecule has 0 spiro atoms. The average Bonchev–Trinajstić information content (AvgIpc) is 2.31. The first kappa shape index (κ1) is 17.0. The van der Waals surface area contributed by atoms with E-state index >= 15 is 0 Å². The van der Waals surface area contributed by atoms with E-state index in [9.17, 15) is 13.6 Å². The molecule has 5 heteroatoms. The number of hydrogen-bond acceptors (Lipinski definition) is 2. The number of aldehydes is 1. The Morgan fingerprint density at radius 2 is 1.85 bits per heavy atom. The van der Waals surface area contributed by atoms with E-state index in [1.807, 2.05) is 0 Å². The molecule has 1 aromatic carbocycles. The molecule has 0 fully saturated rings. The molecule has 2 nitrogen and oxygen atoms in total. The normalized spacial score (nSPS) is 14.2. The summed E-state index contributed by atoms with van der Waals surface area (Å²) < 4.78 is 32.0. The lowest BCUT2D eigenvalue weighted by Gasteiger charge is -2.38. The lowest BCUT2D eigenvalue weighted by atomic mass is 10.1. The van der Waals surface area contributed by atoms with Crippen LogP contribution in [-0.4, -0.2) is 20.7 Å². The van der Waals surface area contributed by atoms with Gasteiger partial charge >= 0.3 is 0 Å². The van der Waals surface area contributed by atoms with Crippen LogP contribution in [0.1, 0.15) is 26.3 Å². The minimum absolute atomic E-state index is 0.0116. The molecular formula is C15H22F2O2Si. The fourth-order valence-corrected chi connectivity index (χ4v) is 2.82. The molecule has 1 atom stereocenters. The van der Waals surface area contributed by atoms with Gasteiger partial charge in [-0.25, -0.2) is 8.78 Å². The number of rotatable bonds is 5. The smallest absolute Gasteiger partial charge is 0.193 e. The average molecular weight is 300 g/mol. The molecule has 0 aliphatic carbocycles. The summed E-state index contributed by atoms with van der Waals surface area (Å²) >= 11 is 0. The second-order valence-electron chi connectivity index (χ2n) is 6.51. The van der Waals surface area contributed by atoms with Crippen LogP contribution in [0.2, 0.25) is 18.1 Å². The summed E-state index contributed by atoms with van der Waals surface area (Å²) in [5, 5.41) is -0.0116. The van der Waals surface area contributed by atoms with Crippen LogP contribution in [0.25, 0.3) is 0 Å². The molecule has 0 N–H and O–H groups in total. The minimum atomic E-state index is -2.07. The molecular weight excluding hydrogens is 278 g/mol. The molecule has 20 heavy (non-hydrogen) atoms. The highest BCUT2D eigenvalue weighted by Gasteiger charge is 2.39. The molecule has 1 aromatic rings. The van der Waals surface area contributed by atoms with Gasteiger partial charge in [0.15, 0.2) is 20.0 Å². The molecule has 0 saturated carbocycles. The topological polar surface area (TPSA) is 26.3 Å². The van der Waals surface area contributed by atoms with Crippen LogP contribution in [0.15, 0.2) is 18.2 Å². The summed E-state index contributed by atoms with van der Waals surface area (Å²) in [5.41, 5.74) is 0.555. The van der Waals surface area contributed by atoms with Crippen molar-refractivity contribution in [3.8, 4) is 0 Å². The van der Waals surface area contributed by atoms with Gasteiger partial charge < -0.3 is 9.22 Å². The van der Waals surface area contributed by atoms with Crippen molar-refractivity contribution in [1.82, 2.24) is 0 Å². The summed E-state index contributed by atoms with van der Waals surface area (Å²) in [7, 11) is -2.07. The van der Waals surface area contributed by atoms with E-state index < -0.39 is 26.1 Å². The second-order valence-corrected chi connectivity index (χ2v) is 11.3. The summed E-state index contributed by atoms with van der Waals surface area (Å²) in [6, 6.07) is 3.66. The fraction of sp³-hybridized carbons (Fsp3) is 0.533. The molecule has 1 rings (SSSR count). The lowest BCUT2D eigenvalue weighted by Crippen LogP contribution is -2.44. The lowest BCUT2D eigenvalue weighted by molar-refractivity contribution is -0.114. The Kier molecular flexibility index (Phi) is 5.21. The molecule has 0 aliphatic heterocycles.